The van der Waals surface area contributed by atoms with E-state index in [1.165, 1.54) is 13.0 Å². The van der Waals surface area contributed by atoms with E-state index in [0.29, 0.717) is 11.1 Å². The maximum absolute atomic E-state index is 12.2. The van der Waals surface area contributed by atoms with Crippen LogP contribution in [0.3, 0.4) is 0 Å². The van der Waals surface area contributed by atoms with Crippen molar-refractivity contribution in [1.82, 2.24) is 0 Å². The van der Waals surface area contributed by atoms with Crippen LogP contribution < -0.4 is 0 Å². The molecule has 0 saturated carbocycles. The normalized spacial score (nSPS) is 14.3. The first-order valence-electron chi connectivity index (χ1n) is 7.79. The van der Waals surface area contributed by atoms with Crippen LogP contribution in [0.15, 0.2) is 34.7 Å². The Hall–Kier alpha value is -2.70. The summed E-state index contributed by atoms with van der Waals surface area (Å²) in [6.07, 6.45) is -4.84. The Morgan fingerprint density at radius 1 is 1.27 bits per heavy atom. The number of aliphatic hydroxyl groups is 4. The molecule has 2 rings (SSSR count). The number of nitrogens with zero attached hydrogens (tertiary/aromatic N) is 1. The second-order valence-electron chi connectivity index (χ2n) is 5.69. The standard InChI is InChI=1S/C18H19NO7/c1-10-13(6-15(26-10)17(23)16(22)14(21)8-20)18(24)25-9-12-4-2-11(7-19)3-5-12/h2-6,14,16-17,20-23H,8-9H2,1H3/t14-,16-,17-/m0/s1. The summed E-state index contributed by atoms with van der Waals surface area (Å²) in [5, 5.41) is 46.6. The van der Waals surface area contributed by atoms with Crippen LogP contribution in [0, 0.1) is 18.3 Å². The molecule has 1 aromatic heterocycles. The smallest absolute Gasteiger partial charge is 0.342 e. The van der Waals surface area contributed by atoms with Gasteiger partial charge in [0.15, 0.2) is 0 Å². The van der Waals surface area contributed by atoms with Crippen LogP contribution in [-0.2, 0) is 11.3 Å². The molecule has 0 spiro atoms. The Labute approximate surface area is 149 Å². The molecule has 0 unspecified atom stereocenters. The number of hydrogen-bond acceptors (Lipinski definition) is 8. The molecule has 26 heavy (non-hydrogen) atoms. The largest absolute Gasteiger partial charge is 0.463 e. The molecule has 0 aliphatic rings. The fourth-order valence-corrected chi connectivity index (χ4v) is 2.24. The van der Waals surface area contributed by atoms with E-state index in [9.17, 15) is 20.1 Å². The van der Waals surface area contributed by atoms with Crippen LogP contribution in [0.2, 0.25) is 0 Å². The topological polar surface area (TPSA) is 144 Å². The number of hydrogen-bond donors (Lipinski definition) is 4. The highest BCUT2D eigenvalue weighted by molar-refractivity contribution is 5.90. The molecule has 1 aromatic carbocycles. The Balaban J connectivity index is 2.05. The number of aryl methyl sites for hydroxylation is 1. The van der Waals surface area contributed by atoms with Crippen LogP contribution in [0.5, 0.6) is 0 Å². The molecule has 0 radical (unpaired) electrons. The number of furan rings is 1. The summed E-state index contributed by atoms with van der Waals surface area (Å²) in [6, 6.07) is 9.74. The molecule has 0 saturated heterocycles. The van der Waals surface area contributed by atoms with Gasteiger partial charge in [-0.15, -0.1) is 0 Å². The van der Waals surface area contributed by atoms with Crippen LogP contribution in [0.25, 0.3) is 0 Å². The van der Waals surface area contributed by atoms with Gasteiger partial charge in [0.25, 0.3) is 0 Å². The van der Waals surface area contributed by atoms with Crippen molar-refractivity contribution in [2.75, 3.05) is 6.61 Å². The number of carbonyl (C=O) groups is 1. The van der Waals surface area contributed by atoms with E-state index in [1.54, 1.807) is 24.3 Å². The van der Waals surface area contributed by atoms with Gasteiger partial charge in [-0.25, -0.2) is 4.79 Å². The van der Waals surface area contributed by atoms with Crippen molar-refractivity contribution in [3.05, 3.63) is 58.5 Å². The van der Waals surface area contributed by atoms with Crippen molar-refractivity contribution >= 4 is 5.97 Å². The maximum Gasteiger partial charge on any atom is 0.342 e. The Morgan fingerprint density at radius 3 is 2.50 bits per heavy atom. The molecule has 8 nitrogen and oxygen atoms in total. The predicted octanol–water partition coefficient (Wildman–Crippen LogP) is 0.564. The first-order chi connectivity index (χ1) is 12.4. The molecule has 2 aromatic rings. The second kappa shape index (κ2) is 8.60. The zero-order chi connectivity index (χ0) is 19.3. The highest BCUT2D eigenvalue weighted by Gasteiger charge is 2.29. The van der Waals surface area contributed by atoms with Gasteiger partial charge < -0.3 is 29.6 Å². The molecule has 1 heterocycles. The minimum Gasteiger partial charge on any atom is -0.463 e. The van der Waals surface area contributed by atoms with Gasteiger partial charge in [-0.3, -0.25) is 0 Å². The Bertz CT molecular complexity index is 791. The zero-order valence-corrected chi connectivity index (χ0v) is 14.0. The maximum atomic E-state index is 12.2. The minimum atomic E-state index is -1.67. The fraction of sp³-hybridized carbons (Fsp3) is 0.333. The summed E-state index contributed by atoms with van der Waals surface area (Å²) in [5.41, 5.74) is 1.26. The number of nitriles is 1. The molecule has 0 aliphatic heterocycles. The average Bonchev–Trinajstić information content (AvgIpc) is 3.06. The van der Waals surface area contributed by atoms with Gasteiger partial charge in [0.05, 0.1) is 18.2 Å². The van der Waals surface area contributed by atoms with Gasteiger partial charge in [0, 0.05) is 0 Å². The lowest BCUT2D eigenvalue weighted by atomic mass is 10.1. The van der Waals surface area contributed by atoms with Gasteiger partial charge in [-0.2, -0.15) is 5.26 Å². The second-order valence-corrected chi connectivity index (χ2v) is 5.69. The highest BCUT2D eigenvalue weighted by Crippen LogP contribution is 2.25. The molecular formula is C18H19NO7. The molecule has 8 heteroatoms. The number of aliphatic hydroxyl groups excluding tert-OH is 4. The van der Waals surface area contributed by atoms with Crippen LogP contribution in [-0.4, -0.2) is 45.2 Å². The minimum absolute atomic E-state index is 0.0150. The van der Waals surface area contributed by atoms with Gasteiger partial charge in [0.2, 0.25) is 0 Å². The summed E-state index contributed by atoms with van der Waals surface area (Å²) < 4.78 is 10.4. The number of esters is 1. The van der Waals surface area contributed by atoms with Crippen molar-refractivity contribution < 1.29 is 34.4 Å². The van der Waals surface area contributed by atoms with Crippen molar-refractivity contribution in [1.29, 1.82) is 5.26 Å². The molecule has 3 atom stereocenters. The molecule has 138 valence electrons. The van der Waals surface area contributed by atoms with E-state index < -0.39 is 30.9 Å². The zero-order valence-electron chi connectivity index (χ0n) is 14.0. The summed E-state index contributed by atoms with van der Waals surface area (Å²) in [5.74, 6) is -0.645. The van der Waals surface area contributed by atoms with E-state index in [2.05, 4.69) is 0 Å². The number of ether oxygens (including phenoxy) is 1. The van der Waals surface area contributed by atoms with Crippen LogP contribution >= 0.6 is 0 Å². The molecule has 0 fully saturated rings. The highest BCUT2D eigenvalue weighted by atomic mass is 16.5. The average molecular weight is 361 g/mol. The third-order valence-corrected chi connectivity index (χ3v) is 3.81. The van der Waals surface area contributed by atoms with E-state index >= 15 is 0 Å². The molecular weight excluding hydrogens is 342 g/mol. The molecule has 0 bridgehead atoms. The third kappa shape index (κ3) is 4.47. The quantitative estimate of drug-likeness (QED) is 0.524. The SMILES string of the molecule is Cc1oc([C@H](O)[C@@H](O)[C@@H](O)CO)cc1C(=O)OCc1ccc(C#N)cc1. The van der Waals surface area contributed by atoms with Gasteiger partial charge in [0.1, 0.15) is 42.0 Å². The number of carbonyl (C=O) groups excluding carboxylic acids is 1. The number of benzene rings is 1. The van der Waals surface area contributed by atoms with Crippen molar-refractivity contribution in [2.24, 2.45) is 0 Å². The monoisotopic (exact) mass is 361 g/mol. The van der Waals surface area contributed by atoms with Crippen molar-refractivity contribution in [3.8, 4) is 6.07 Å². The lowest BCUT2D eigenvalue weighted by molar-refractivity contribution is -0.0837. The summed E-state index contributed by atoms with van der Waals surface area (Å²) in [7, 11) is 0. The fourth-order valence-electron chi connectivity index (χ4n) is 2.24. The van der Waals surface area contributed by atoms with Crippen molar-refractivity contribution in [3.63, 3.8) is 0 Å². The van der Waals surface area contributed by atoms with E-state index in [4.69, 9.17) is 19.5 Å². The van der Waals surface area contributed by atoms with Gasteiger partial charge in [-0.05, 0) is 30.7 Å². The first kappa shape index (κ1) is 19.6. The predicted molar refractivity (Wildman–Crippen MR) is 87.8 cm³/mol. The van der Waals surface area contributed by atoms with E-state index in [0.717, 1.165) is 0 Å². The summed E-state index contributed by atoms with van der Waals surface area (Å²) in [4.78, 5) is 12.2. The summed E-state index contributed by atoms with van der Waals surface area (Å²) >= 11 is 0. The Kier molecular flexibility index (Phi) is 6.49. The van der Waals surface area contributed by atoms with E-state index in [-0.39, 0.29) is 23.7 Å². The number of rotatable bonds is 7. The van der Waals surface area contributed by atoms with Crippen LogP contribution in [0.4, 0.5) is 0 Å². The van der Waals surface area contributed by atoms with Gasteiger partial charge >= 0.3 is 5.97 Å². The van der Waals surface area contributed by atoms with Crippen LogP contribution in [0.1, 0.15) is 39.1 Å². The molecule has 0 aliphatic carbocycles. The van der Waals surface area contributed by atoms with Gasteiger partial charge in [-0.1, -0.05) is 12.1 Å². The molecule has 0 amide bonds. The lowest BCUT2D eigenvalue weighted by Gasteiger charge is -2.19. The van der Waals surface area contributed by atoms with Crippen molar-refractivity contribution in [2.45, 2.75) is 31.8 Å². The molecule has 4 N–H and O–H groups in total. The Morgan fingerprint density at radius 2 is 1.92 bits per heavy atom. The third-order valence-electron chi connectivity index (χ3n) is 3.81. The first-order valence-corrected chi connectivity index (χ1v) is 7.79. The lowest BCUT2D eigenvalue weighted by Crippen LogP contribution is -2.34. The van der Waals surface area contributed by atoms with E-state index in [1.807, 2.05) is 6.07 Å². The summed E-state index contributed by atoms with van der Waals surface area (Å²) in [6.45, 7) is 0.736.